The molecule has 1 aliphatic rings. The van der Waals surface area contributed by atoms with Crippen molar-refractivity contribution in [2.45, 2.75) is 19.4 Å². The normalized spacial score (nSPS) is 22.9. The Morgan fingerprint density at radius 3 is 3.07 bits per heavy atom. The first-order valence-electron chi connectivity index (χ1n) is 4.82. The number of amides is 1. The predicted molar refractivity (Wildman–Crippen MR) is 51.8 cm³/mol. The predicted octanol–water partition coefficient (Wildman–Crippen LogP) is 0.739. The lowest BCUT2D eigenvalue weighted by molar-refractivity contribution is -0.120. The molecule has 14 heavy (non-hydrogen) atoms. The molecule has 2 heterocycles. The van der Waals surface area contributed by atoms with E-state index in [2.05, 4.69) is 10.6 Å². The van der Waals surface area contributed by atoms with Crippen molar-refractivity contribution in [2.24, 2.45) is 0 Å². The number of aryl methyl sites for hydroxylation is 1. The molecule has 1 aromatic rings. The van der Waals surface area contributed by atoms with Crippen molar-refractivity contribution in [2.75, 3.05) is 13.1 Å². The standard InChI is InChI=1S/C10H14N2O2/c1-7-2-3-9(14-7)8-6-12-10(13)4-5-11-8/h2-3,8,11H,4-6H2,1H3,(H,12,13). The van der Waals surface area contributed by atoms with Crippen LogP contribution in [0.4, 0.5) is 0 Å². The first-order valence-corrected chi connectivity index (χ1v) is 4.82. The molecule has 1 fully saturated rings. The molecular weight excluding hydrogens is 180 g/mol. The monoisotopic (exact) mass is 194 g/mol. The second-order valence-electron chi connectivity index (χ2n) is 3.51. The number of carbonyl (C=O) groups is 1. The SMILES string of the molecule is Cc1ccc(C2CNC(=O)CCN2)o1. The fourth-order valence-electron chi connectivity index (χ4n) is 1.58. The molecule has 1 amide bonds. The highest BCUT2D eigenvalue weighted by Gasteiger charge is 2.18. The molecule has 0 spiro atoms. The van der Waals surface area contributed by atoms with E-state index in [0.717, 1.165) is 11.5 Å². The van der Waals surface area contributed by atoms with Crippen LogP contribution in [0.5, 0.6) is 0 Å². The van der Waals surface area contributed by atoms with Gasteiger partial charge in [0.2, 0.25) is 5.91 Å². The van der Waals surface area contributed by atoms with Crippen LogP contribution >= 0.6 is 0 Å². The van der Waals surface area contributed by atoms with E-state index in [1.54, 1.807) is 0 Å². The van der Waals surface area contributed by atoms with Gasteiger partial charge in [-0.2, -0.15) is 0 Å². The minimum absolute atomic E-state index is 0.100. The van der Waals surface area contributed by atoms with E-state index >= 15 is 0 Å². The Hall–Kier alpha value is -1.29. The first-order chi connectivity index (χ1) is 6.75. The lowest BCUT2D eigenvalue weighted by Gasteiger charge is -2.12. The summed E-state index contributed by atoms with van der Waals surface area (Å²) in [4.78, 5) is 11.1. The molecule has 4 nitrogen and oxygen atoms in total. The molecule has 1 aliphatic heterocycles. The summed E-state index contributed by atoms with van der Waals surface area (Å²) in [5, 5.41) is 6.11. The lowest BCUT2D eigenvalue weighted by atomic mass is 10.2. The van der Waals surface area contributed by atoms with E-state index < -0.39 is 0 Å². The molecule has 76 valence electrons. The van der Waals surface area contributed by atoms with Gasteiger partial charge in [0.25, 0.3) is 0 Å². The zero-order valence-electron chi connectivity index (χ0n) is 8.17. The maximum Gasteiger partial charge on any atom is 0.221 e. The third-order valence-electron chi connectivity index (χ3n) is 2.35. The Bertz CT molecular complexity index is 333. The second kappa shape index (κ2) is 3.84. The van der Waals surface area contributed by atoms with Crippen LogP contribution in [-0.4, -0.2) is 19.0 Å². The highest BCUT2D eigenvalue weighted by atomic mass is 16.3. The summed E-state index contributed by atoms with van der Waals surface area (Å²) in [6, 6.07) is 3.99. The fraction of sp³-hybridized carbons (Fsp3) is 0.500. The van der Waals surface area contributed by atoms with Gasteiger partial charge >= 0.3 is 0 Å². The summed E-state index contributed by atoms with van der Waals surface area (Å²) in [5.74, 6) is 1.89. The van der Waals surface area contributed by atoms with E-state index in [9.17, 15) is 4.79 Å². The van der Waals surface area contributed by atoms with Crippen LogP contribution in [0.3, 0.4) is 0 Å². The summed E-state index contributed by atoms with van der Waals surface area (Å²) < 4.78 is 5.50. The number of furan rings is 1. The van der Waals surface area contributed by atoms with Crippen molar-refractivity contribution in [3.8, 4) is 0 Å². The lowest BCUT2D eigenvalue weighted by Crippen LogP contribution is -2.28. The van der Waals surface area contributed by atoms with Gasteiger partial charge < -0.3 is 15.1 Å². The summed E-state index contributed by atoms with van der Waals surface area (Å²) in [6.07, 6.45) is 0.538. The smallest absolute Gasteiger partial charge is 0.221 e. The fourth-order valence-corrected chi connectivity index (χ4v) is 1.58. The maximum absolute atomic E-state index is 11.1. The summed E-state index contributed by atoms with van der Waals surface area (Å²) in [5.41, 5.74) is 0. The van der Waals surface area contributed by atoms with E-state index in [4.69, 9.17) is 4.42 Å². The van der Waals surface area contributed by atoms with Crippen molar-refractivity contribution < 1.29 is 9.21 Å². The quantitative estimate of drug-likeness (QED) is 0.693. The van der Waals surface area contributed by atoms with Crippen molar-refractivity contribution >= 4 is 5.91 Å². The molecule has 1 atom stereocenters. The number of hydrogen-bond donors (Lipinski definition) is 2. The molecule has 0 aliphatic carbocycles. The van der Waals surface area contributed by atoms with Crippen LogP contribution in [0.2, 0.25) is 0 Å². The van der Waals surface area contributed by atoms with Gasteiger partial charge in [0.15, 0.2) is 0 Å². The number of rotatable bonds is 1. The van der Waals surface area contributed by atoms with Gasteiger partial charge in [0.1, 0.15) is 11.5 Å². The van der Waals surface area contributed by atoms with Gasteiger partial charge in [0, 0.05) is 19.5 Å². The van der Waals surface area contributed by atoms with E-state index in [1.165, 1.54) is 0 Å². The maximum atomic E-state index is 11.1. The molecule has 0 bridgehead atoms. The number of carbonyl (C=O) groups excluding carboxylic acids is 1. The Labute approximate surface area is 82.7 Å². The number of hydrogen-bond acceptors (Lipinski definition) is 3. The zero-order valence-corrected chi connectivity index (χ0v) is 8.17. The van der Waals surface area contributed by atoms with E-state index in [0.29, 0.717) is 19.5 Å². The number of nitrogens with one attached hydrogen (secondary N) is 2. The second-order valence-corrected chi connectivity index (χ2v) is 3.51. The molecule has 0 radical (unpaired) electrons. The third-order valence-corrected chi connectivity index (χ3v) is 2.35. The minimum Gasteiger partial charge on any atom is -0.465 e. The Balaban J connectivity index is 2.07. The highest BCUT2D eigenvalue weighted by Crippen LogP contribution is 2.16. The topological polar surface area (TPSA) is 54.3 Å². The van der Waals surface area contributed by atoms with Gasteiger partial charge in [-0.3, -0.25) is 4.79 Å². The zero-order chi connectivity index (χ0) is 9.97. The summed E-state index contributed by atoms with van der Waals surface area (Å²) in [7, 11) is 0. The van der Waals surface area contributed by atoms with Gasteiger partial charge in [-0.1, -0.05) is 0 Å². The van der Waals surface area contributed by atoms with Crippen LogP contribution in [0.15, 0.2) is 16.5 Å². The van der Waals surface area contributed by atoms with Crippen LogP contribution in [0.25, 0.3) is 0 Å². The van der Waals surface area contributed by atoms with E-state index in [-0.39, 0.29) is 11.9 Å². The summed E-state index contributed by atoms with van der Waals surface area (Å²) in [6.45, 7) is 3.22. The molecule has 2 N–H and O–H groups in total. The molecule has 2 rings (SSSR count). The molecule has 0 saturated carbocycles. The molecule has 1 aromatic heterocycles. The van der Waals surface area contributed by atoms with Crippen molar-refractivity contribution in [3.05, 3.63) is 23.7 Å². The Morgan fingerprint density at radius 1 is 1.50 bits per heavy atom. The van der Waals surface area contributed by atoms with Crippen molar-refractivity contribution in [3.63, 3.8) is 0 Å². The van der Waals surface area contributed by atoms with Crippen LogP contribution in [0.1, 0.15) is 24.0 Å². The highest BCUT2D eigenvalue weighted by molar-refractivity contribution is 5.76. The van der Waals surface area contributed by atoms with Crippen LogP contribution in [0, 0.1) is 6.92 Å². The molecule has 1 unspecified atom stereocenters. The average Bonchev–Trinajstić information content (AvgIpc) is 2.46. The minimum atomic E-state index is 0.100. The van der Waals surface area contributed by atoms with Crippen molar-refractivity contribution in [1.82, 2.24) is 10.6 Å². The van der Waals surface area contributed by atoms with E-state index in [1.807, 2.05) is 19.1 Å². The molecular formula is C10H14N2O2. The molecule has 0 aromatic carbocycles. The first kappa shape index (κ1) is 9.27. The molecule has 1 saturated heterocycles. The average molecular weight is 194 g/mol. The summed E-state index contributed by atoms with van der Waals surface area (Å²) >= 11 is 0. The van der Waals surface area contributed by atoms with Gasteiger partial charge in [-0.25, -0.2) is 0 Å². The van der Waals surface area contributed by atoms with Crippen LogP contribution < -0.4 is 10.6 Å². The van der Waals surface area contributed by atoms with Crippen LogP contribution in [-0.2, 0) is 4.79 Å². The van der Waals surface area contributed by atoms with Gasteiger partial charge in [-0.15, -0.1) is 0 Å². The Morgan fingerprint density at radius 2 is 2.36 bits per heavy atom. The third kappa shape index (κ3) is 1.96. The van der Waals surface area contributed by atoms with Gasteiger partial charge in [-0.05, 0) is 19.1 Å². The Kier molecular flexibility index (Phi) is 2.54. The van der Waals surface area contributed by atoms with Gasteiger partial charge in [0.05, 0.1) is 6.04 Å². The molecule has 4 heteroatoms. The largest absolute Gasteiger partial charge is 0.465 e. The van der Waals surface area contributed by atoms with Crippen molar-refractivity contribution in [1.29, 1.82) is 0 Å².